The summed E-state index contributed by atoms with van der Waals surface area (Å²) in [6.07, 6.45) is 3.52. The molecule has 2 atom stereocenters. The third kappa shape index (κ3) is 3.13. The van der Waals surface area contributed by atoms with E-state index in [4.69, 9.17) is 0 Å². The number of hydrogen-bond acceptors (Lipinski definition) is 5. The molecule has 2 heterocycles. The zero-order chi connectivity index (χ0) is 14.7. The van der Waals surface area contributed by atoms with Crippen LogP contribution in [0.25, 0.3) is 0 Å². The number of carbonyl (C=O) groups excluding carboxylic acids is 1. The Balaban J connectivity index is 2.04. The Morgan fingerprint density at radius 1 is 1.65 bits per heavy atom. The van der Waals surface area contributed by atoms with Crippen LogP contribution in [0.15, 0.2) is 12.3 Å². The van der Waals surface area contributed by atoms with Crippen LogP contribution in [0.4, 0.5) is 5.82 Å². The Labute approximate surface area is 116 Å². The van der Waals surface area contributed by atoms with Gasteiger partial charge in [-0.15, -0.1) is 0 Å². The number of carbonyl (C=O) groups is 1. The molecule has 0 bridgehead atoms. The van der Waals surface area contributed by atoms with Crippen LogP contribution in [0.5, 0.6) is 0 Å². The van der Waals surface area contributed by atoms with Crippen LogP contribution < -0.4 is 0 Å². The highest BCUT2D eigenvalue weighted by atomic mass is 16.6. The maximum atomic E-state index is 12.2. The number of piperidine rings is 1. The van der Waals surface area contributed by atoms with Gasteiger partial charge >= 0.3 is 5.82 Å². The lowest BCUT2D eigenvalue weighted by atomic mass is 9.98. The third-order valence-electron chi connectivity index (χ3n) is 3.54. The largest absolute Gasteiger partial charge is 0.391 e. The van der Waals surface area contributed by atoms with Gasteiger partial charge in [-0.25, -0.2) is 0 Å². The molecule has 110 valence electrons. The summed E-state index contributed by atoms with van der Waals surface area (Å²) >= 11 is 0. The molecule has 20 heavy (non-hydrogen) atoms. The summed E-state index contributed by atoms with van der Waals surface area (Å²) in [6.45, 7) is 2.24. The molecule has 1 aromatic heterocycles. The second-order valence-corrected chi connectivity index (χ2v) is 5.02. The van der Waals surface area contributed by atoms with Gasteiger partial charge < -0.3 is 20.1 Å². The van der Waals surface area contributed by atoms with E-state index in [9.17, 15) is 20.0 Å². The molecule has 1 aromatic rings. The first-order valence-electron chi connectivity index (χ1n) is 6.64. The minimum atomic E-state index is -0.597. The SMILES string of the molecule is CC(O)C1CCCCN1C(=O)Cn1ccc([N+](=O)[O-])n1. The fraction of sp³-hybridized carbons (Fsp3) is 0.667. The van der Waals surface area contributed by atoms with Crippen molar-refractivity contribution in [2.75, 3.05) is 6.54 Å². The van der Waals surface area contributed by atoms with E-state index < -0.39 is 11.0 Å². The van der Waals surface area contributed by atoms with E-state index in [1.54, 1.807) is 11.8 Å². The molecule has 1 fully saturated rings. The molecular formula is C12H18N4O4. The topological polar surface area (TPSA) is 102 Å². The van der Waals surface area contributed by atoms with Crippen molar-refractivity contribution in [3.63, 3.8) is 0 Å². The molecule has 0 spiro atoms. The van der Waals surface area contributed by atoms with Gasteiger partial charge in [-0.3, -0.25) is 4.79 Å². The summed E-state index contributed by atoms with van der Waals surface area (Å²) in [5.74, 6) is -0.447. The van der Waals surface area contributed by atoms with Crippen LogP contribution in [0.1, 0.15) is 26.2 Å². The smallest absolute Gasteiger partial charge is 0.389 e. The van der Waals surface area contributed by atoms with Crippen molar-refractivity contribution >= 4 is 11.7 Å². The zero-order valence-electron chi connectivity index (χ0n) is 11.3. The van der Waals surface area contributed by atoms with Crippen LogP contribution in [0.2, 0.25) is 0 Å². The summed E-state index contributed by atoms with van der Waals surface area (Å²) < 4.78 is 1.26. The molecule has 2 rings (SSSR count). The molecule has 1 aliphatic heterocycles. The van der Waals surface area contributed by atoms with Crippen molar-refractivity contribution in [2.45, 2.75) is 44.9 Å². The quantitative estimate of drug-likeness (QED) is 0.642. The fourth-order valence-electron chi connectivity index (χ4n) is 2.53. The molecule has 0 saturated carbocycles. The highest BCUT2D eigenvalue weighted by molar-refractivity contribution is 5.76. The lowest BCUT2D eigenvalue weighted by molar-refractivity contribution is -0.389. The molecule has 0 aliphatic carbocycles. The van der Waals surface area contributed by atoms with Gasteiger partial charge in [0.2, 0.25) is 5.91 Å². The molecule has 0 aromatic carbocycles. The van der Waals surface area contributed by atoms with Crippen LogP contribution in [0, 0.1) is 10.1 Å². The maximum Gasteiger partial charge on any atom is 0.389 e. The molecule has 8 nitrogen and oxygen atoms in total. The van der Waals surface area contributed by atoms with Crippen LogP contribution >= 0.6 is 0 Å². The van der Waals surface area contributed by atoms with E-state index in [2.05, 4.69) is 5.10 Å². The highest BCUT2D eigenvalue weighted by Gasteiger charge is 2.30. The monoisotopic (exact) mass is 282 g/mol. The number of amides is 1. The number of aliphatic hydroxyl groups is 1. The summed E-state index contributed by atoms with van der Waals surface area (Å²) in [6, 6.07) is 1.08. The lowest BCUT2D eigenvalue weighted by Gasteiger charge is -2.37. The van der Waals surface area contributed by atoms with E-state index in [0.717, 1.165) is 19.3 Å². The molecule has 2 unspecified atom stereocenters. The number of hydrogen-bond donors (Lipinski definition) is 1. The standard InChI is InChI=1S/C12H18N4O4/c1-9(17)10-4-2-3-6-15(10)12(18)8-14-7-5-11(13-14)16(19)20/h5,7,9-10,17H,2-4,6,8H2,1H3. The molecule has 1 saturated heterocycles. The highest BCUT2D eigenvalue weighted by Crippen LogP contribution is 2.20. The normalized spacial score (nSPS) is 20.7. The van der Waals surface area contributed by atoms with Gasteiger partial charge in [0.25, 0.3) is 0 Å². The summed E-state index contributed by atoms with van der Waals surface area (Å²) in [5, 5.41) is 24.0. The first-order valence-corrected chi connectivity index (χ1v) is 6.64. The maximum absolute atomic E-state index is 12.2. The van der Waals surface area contributed by atoms with Gasteiger partial charge in [-0.2, -0.15) is 4.68 Å². The van der Waals surface area contributed by atoms with E-state index in [-0.39, 0.29) is 24.3 Å². The first-order chi connectivity index (χ1) is 9.49. The van der Waals surface area contributed by atoms with Crippen LogP contribution in [-0.4, -0.2) is 49.3 Å². The summed E-state index contributed by atoms with van der Waals surface area (Å²) in [5.41, 5.74) is 0. The minimum absolute atomic E-state index is 0.0446. The van der Waals surface area contributed by atoms with Crippen molar-refractivity contribution in [2.24, 2.45) is 0 Å². The second kappa shape index (κ2) is 6.00. The van der Waals surface area contributed by atoms with Gasteiger partial charge in [0.15, 0.2) is 0 Å². The molecule has 1 amide bonds. The zero-order valence-corrected chi connectivity index (χ0v) is 11.3. The van der Waals surface area contributed by atoms with E-state index in [1.807, 2.05) is 0 Å². The van der Waals surface area contributed by atoms with Crippen molar-refractivity contribution in [1.29, 1.82) is 0 Å². The Hall–Kier alpha value is -1.96. The predicted octanol–water partition coefficient (Wildman–Crippen LogP) is 0.553. The summed E-state index contributed by atoms with van der Waals surface area (Å²) in [7, 11) is 0. The molecule has 1 aliphatic rings. The van der Waals surface area contributed by atoms with Crippen molar-refractivity contribution in [1.82, 2.24) is 14.7 Å². The predicted molar refractivity (Wildman–Crippen MR) is 69.9 cm³/mol. The van der Waals surface area contributed by atoms with Gasteiger partial charge in [0.1, 0.15) is 6.54 Å². The molecule has 8 heteroatoms. The minimum Gasteiger partial charge on any atom is -0.391 e. The number of nitrogens with zero attached hydrogens (tertiary/aromatic N) is 4. The summed E-state index contributed by atoms with van der Waals surface area (Å²) in [4.78, 5) is 23.8. The van der Waals surface area contributed by atoms with Crippen LogP contribution in [0.3, 0.4) is 0 Å². The Morgan fingerprint density at radius 3 is 3.00 bits per heavy atom. The van der Waals surface area contributed by atoms with E-state index >= 15 is 0 Å². The number of aromatic nitrogens is 2. The average molecular weight is 282 g/mol. The van der Waals surface area contributed by atoms with Crippen LogP contribution in [-0.2, 0) is 11.3 Å². The average Bonchev–Trinajstić information content (AvgIpc) is 2.87. The molecule has 0 radical (unpaired) electrons. The van der Waals surface area contributed by atoms with Gasteiger partial charge in [-0.1, -0.05) is 0 Å². The van der Waals surface area contributed by atoms with E-state index in [0.29, 0.717) is 6.54 Å². The lowest BCUT2D eigenvalue weighted by Crippen LogP contribution is -2.50. The van der Waals surface area contributed by atoms with Crippen molar-refractivity contribution in [3.05, 3.63) is 22.4 Å². The number of nitro groups is 1. The molecular weight excluding hydrogens is 264 g/mol. The van der Waals surface area contributed by atoms with Crippen molar-refractivity contribution in [3.8, 4) is 0 Å². The Morgan fingerprint density at radius 2 is 2.40 bits per heavy atom. The number of rotatable bonds is 4. The fourth-order valence-corrected chi connectivity index (χ4v) is 2.53. The number of likely N-dealkylation sites (tertiary alicyclic amines) is 1. The first kappa shape index (κ1) is 14.4. The second-order valence-electron chi connectivity index (χ2n) is 5.02. The Kier molecular flexibility index (Phi) is 4.33. The van der Waals surface area contributed by atoms with Gasteiger partial charge in [0.05, 0.1) is 29.5 Å². The van der Waals surface area contributed by atoms with Gasteiger partial charge in [0, 0.05) is 6.54 Å². The van der Waals surface area contributed by atoms with E-state index in [1.165, 1.54) is 16.9 Å². The molecule has 1 N–H and O–H groups in total. The Bertz CT molecular complexity index is 499. The van der Waals surface area contributed by atoms with Crippen molar-refractivity contribution < 1.29 is 14.8 Å². The van der Waals surface area contributed by atoms with Gasteiger partial charge in [-0.05, 0) is 31.1 Å². The number of aliphatic hydroxyl groups excluding tert-OH is 1. The third-order valence-corrected chi connectivity index (χ3v) is 3.54.